The number of aliphatic hydroxyl groups excluding tert-OH is 2. The summed E-state index contributed by atoms with van der Waals surface area (Å²) in [4.78, 5) is 10.8. The fourth-order valence-electron chi connectivity index (χ4n) is 2.06. The summed E-state index contributed by atoms with van der Waals surface area (Å²) in [7, 11) is 0. The molecule has 5 nitrogen and oxygen atoms in total. The number of hydrogen-bond acceptors (Lipinski definition) is 4. The first-order chi connectivity index (χ1) is 10.5. The summed E-state index contributed by atoms with van der Waals surface area (Å²) < 4.78 is 5.63. The van der Waals surface area contributed by atoms with Gasteiger partial charge >= 0.3 is 0 Å². The van der Waals surface area contributed by atoms with Gasteiger partial charge in [-0.2, -0.15) is 0 Å². The number of aliphatic hydroxyl groups is 2. The summed E-state index contributed by atoms with van der Waals surface area (Å²) in [6, 6.07) is 7.01. The molecule has 1 aromatic carbocycles. The first-order valence-corrected chi connectivity index (χ1v) is 7.88. The SMILES string of the molecule is CCCCCCOc1ccc(C(O)C(O)CNC(C)=O)cc1. The highest BCUT2D eigenvalue weighted by Crippen LogP contribution is 2.20. The second-order valence-electron chi connectivity index (χ2n) is 5.43. The number of rotatable bonds is 10. The maximum absolute atomic E-state index is 10.8. The lowest BCUT2D eigenvalue weighted by molar-refractivity contribution is -0.119. The van der Waals surface area contributed by atoms with E-state index < -0.39 is 12.2 Å². The molecule has 0 radical (unpaired) electrons. The summed E-state index contributed by atoms with van der Waals surface area (Å²) in [5, 5.41) is 22.3. The Labute approximate surface area is 132 Å². The van der Waals surface area contributed by atoms with Crippen LogP contribution in [0.25, 0.3) is 0 Å². The molecule has 0 saturated carbocycles. The van der Waals surface area contributed by atoms with Gasteiger partial charge in [-0.25, -0.2) is 0 Å². The van der Waals surface area contributed by atoms with Gasteiger partial charge in [0.15, 0.2) is 0 Å². The van der Waals surface area contributed by atoms with Crippen molar-refractivity contribution in [3.8, 4) is 5.75 Å². The van der Waals surface area contributed by atoms with Crippen molar-refractivity contribution in [3.63, 3.8) is 0 Å². The molecule has 1 amide bonds. The van der Waals surface area contributed by atoms with Gasteiger partial charge in [0.25, 0.3) is 0 Å². The van der Waals surface area contributed by atoms with Crippen LogP contribution >= 0.6 is 0 Å². The Bertz CT molecular complexity index is 433. The zero-order chi connectivity index (χ0) is 16.4. The number of unbranched alkanes of at least 4 members (excludes halogenated alkanes) is 3. The Morgan fingerprint density at radius 1 is 1.18 bits per heavy atom. The lowest BCUT2D eigenvalue weighted by Gasteiger charge is -2.18. The summed E-state index contributed by atoms with van der Waals surface area (Å²) in [5.74, 6) is 0.516. The van der Waals surface area contributed by atoms with E-state index in [1.165, 1.54) is 26.2 Å². The molecule has 0 heterocycles. The molecule has 0 aliphatic heterocycles. The van der Waals surface area contributed by atoms with Crippen LogP contribution in [-0.2, 0) is 4.79 Å². The Balaban J connectivity index is 2.41. The van der Waals surface area contributed by atoms with Crippen LogP contribution in [0.3, 0.4) is 0 Å². The summed E-state index contributed by atoms with van der Waals surface area (Å²) in [6.45, 7) is 4.25. The van der Waals surface area contributed by atoms with Crippen LogP contribution in [0.5, 0.6) is 5.75 Å². The van der Waals surface area contributed by atoms with Crippen molar-refractivity contribution in [2.45, 2.75) is 51.7 Å². The summed E-state index contributed by atoms with van der Waals surface area (Å²) in [5.41, 5.74) is 0.594. The Hall–Kier alpha value is -1.59. The third-order valence-corrected chi connectivity index (χ3v) is 3.41. The van der Waals surface area contributed by atoms with E-state index in [1.54, 1.807) is 24.3 Å². The van der Waals surface area contributed by atoms with Crippen molar-refractivity contribution in [1.29, 1.82) is 0 Å². The molecule has 0 aliphatic carbocycles. The molecule has 3 N–H and O–H groups in total. The van der Waals surface area contributed by atoms with Crippen LogP contribution in [0.1, 0.15) is 51.2 Å². The molecule has 0 aliphatic rings. The van der Waals surface area contributed by atoms with Crippen LogP contribution in [0.2, 0.25) is 0 Å². The predicted molar refractivity (Wildman–Crippen MR) is 85.7 cm³/mol. The van der Waals surface area contributed by atoms with Crippen molar-refractivity contribution in [3.05, 3.63) is 29.8 Å². The van der Waals surface area contributed by atoms with Gasteiger partial charge in [-0.1, -0.05) is 38.3 Å². The Morgan fingerprint density at radius 2 is 1.86 bits per heavy atom. The zero-order valence-corrected chi connectivity index (χ0v) is 13.4. The lowest BCUT2D eigenvalue weighted by atomic mass is 10.0. The third-order valence-electron chi connectivity index (χ3n) is 3.41. The van der Waals surface area contributed by atoms with Gasteiger partial charge in [0, 0.05) is 13.5 Å². The average molecular weight is 309 g/mol. The topological polar surface area (TPSA) is 78.8 Å². The van der Waals surface area contributed by atoms with Crippen LogP contribution < -0.4 is 10.1 Å². The minimum Gasteiger partial charge on any atom is -0.494 e. The van der Waals surface area contributed by atoms with E-state index in [0.29, 0.717) is 12.2 Å². The standard InChI is InChI=1S/C17H27NO4/c1-3-4-5-6-11-22-15-9-7-14(8-10-15)17(21)16(20)12-18-13(2)19/h7-10,16-17,20-21H,3-6,11-12H2,1-2H3,(H,18,19). The van der Waals surface area contributed by atoms with E-state index in [9.17, 15) is 15.0 Å². The normalized spacial score (nSPS) is 13.5. The predicted octanol–water partition coefficient (Wildman–Crippen LogP) is 2.18. The van der Waals surface area contributed by atoms with Gasteiger partial charge in [-0.3, -0.25) is 4.79 Å². The molecule has 2 unspecified atom stereocenters. The molecule has 1 aromatic rings. The quantitative estimate of drug-likeness (QED) is 0.579. The van der Waals surface area contributed by atoms with Crippen LogP contribution in [0, 0.1) is 0 Å². The number of hydrogen-bond donors (Lipinski definition) is 3. The maximum atomic E-state index is 10.8. The van der Waals surface area contributed by atoms with Crippen molar-refractivity contribution < 1.29 is 19.7 Å². The largest absolute Gasteiger partial charge is 0.494 e. The number of nitrogens with one attached hydrogen (secondary N) is 1. The molecule has 0 bridgehead atoms. The van der Waals surface area contributed by atoms with Gasteiger partial charge in [0.1, 0.15) is 18.0 Å². The molecule has 0 aromatic heterocycles. The van der Waals surface area contributed by atoms with Gasteiger partial charge in [0.2, 0.25) is 5.91 Å². The van der Waals surface area contributed by atoms with Crippen LogP contribution in [-0.4, -0.2) is 35.4 Å². The van der Waals surface area contributed by atoms with E-state index in [1.807, 2.05) is 0 Å². The molecule has 2 atom stereocenters. The molecule has 0 saturated heterocycles. The van der Waals surface area contributed by atoms with Gasteiger partial charge < -0.3 is 20.3 Å². The van der Waals surface area contributed by atoms with E-state index in [2.05, 4.69) is 12.2 Å². The molecule has 5 heteroatoms. The smallest absolute Gasteiger partial charge is 0.216 e. The van der Waals surface area contributed by atoms with E-state index >= 15 is 0 Å². The minimum atomic E-state index is -1.04. The van der Waals surface area contributed by atoms with Crippen LogP contribution in [0.4, 0.5) is 0 Å². The highest BCUT2D eigenvalue weighted by molar-refractivity contribution is 5.72. The molecule has 0 fully saturated rings. The van der Waals surface area contributed by atoms with Crippen molar-refractivity contribution in [1.82, 2.24) is 5.32 Å². The fraction of sp³-hybridized carbons (Fsp3) is 0.588. The molecule has 0 spiro atoms. The number of carbonyl (C=O) groups is 1. The number of amides is 1. The van der Waals surface area contributed by atoms with Crippen LogP contribution in [0.15, 0.2) is 24.3 Å². The number of benzene rings is 1. The van der Waals surface area contributed by atoms with Gasteiger partial charge in [-0.05, 0) is 24.1 Å². The van der Waals surface area contributed by atoms with Gasteiger partial charge in [-0.15, -0.1) is 0 Å². The third kappa shape index (κ3) is 6.91. The first-order valence-electron chi connectivity index (χ1n) is 7.88. The minimum absolute atomic E-state index is 0.0200. The highest BCUT2D eigenvalue weighted by atomic mass is 16.5. The molecular formula is C17H27NO4. The molecule has 1 rings (SSSR count). The zero-order valence-electron chi connectivity index (χ0n) is 13.4. The molecule has 124 valence electrons. The highest BCUT2D eigenvalue weighted by Gasteiger charge is 2.18. The average Bonchev–Trinajstić information content (AvgIpc) is 2.52. The molecule has 22 heavy (non-hydrogen) atoms. The Kier molecular flexibility index (Phi) is 8.55. The summed E-state index contributed by atoms with van der Waals surface area (Å²) in [6.07, 6.45) is 2.56. The fourth-order valence-corrected chi connectivity index (χ4v) is 2.06. The van der Waals surface area contributed by atoms with E-state index in [0.717, 1.165) is 12.2 Å². The lowest BCUT2D eigenvalue weighted by Crippen LogP contribution is -2.34. The van der Waals surface area contributed by atoms with E-state index in [-0.39, 0.29) is 12.5 Å². The Morgan fingerprint density at radius 3 is 2.45 bits per heavy atom. The molecular weight excluding hydrogens is 282 g/mol. The number of carbonyl (C=O) groups excluding carboxylic acids is 1. The number of ether oxygens (including phenoxy) is 1. The summed E-state index contributed by atoms with van der Waals surface area (Å²) >= 11 is 0. The van der Waals surface area contributed by atoms with E-state index in [4.69, 9.17) is 4.74 Å². The van der Waals surface area contributed by atoms with Crippen molar-refractivity contribution in [2.75, 3.05) is 13.2 Å². The van der Waals surface area contributed by atoms with Crippen molar-refractivity contribution >= 4 is 5.91 Å². The first kappa shape index (κ1) is 18.5. The second kappa shape index (κ2) is 10.2. The monoisotopic (exact) mass is 309 g/mol. The maximum Gasteiger partial charge on any atom is 0.216 e. The second-order valence-corrected chi connectivity index (χ2v) is 5.43. The van der Waals surface area contributed by atoms with Gasteiger partial charge in [0.05, 0.1) is 6.61 Å². The van der Waals surface area contributed by atoms with Crippen molar-refractivity contribution in [2.24, 2.45) is 0 Å².